The first-order valence-corrected chi connectivity index (χ1v) is 4.42. The van der Waals surface area contributed by atoms with Crippen LogP contribution < -0.4 is 0 Å². The second kappa shape index (κ2) is 2.48. The summed E-state index contributed by atoms with van der Waals surface area (Å²) in [6, 6.07) is 4.12. The molecule has 2 rings (SSSR count). The van der Waals surface area contributed by atoms with E-state index in [9.17, 15) is 0 Å². The predicted octanol–water partition coefficient (Wildman–Crippen LogP) is 2.18. The molecule has 0 aliphatic carbocycles. The molecule has 0 fully saturated rings. The normalized spacial score (nSPS) is 10.7. The van der Waals surface area contributed by atoms with Crippen LogP contribution in [0.25, 0.3) is 10.9 Å². The van der Waals surface area contributed by atoms with Crippen LogP contribution in [0, 0.1) is 3.70 Å². The first-order valence-electron chi connectivity index (χ1n) is 3.34. The molecule has 0 saturated carbocycles. The van der Waals surface area contributed by atoms with E-state index in [0.29, 0.717) is 0 Å². The smallest absolute Gasteiger partial charge is 0.125 e. The summed E-state index contributed by atoms with van der Waals surface area (Å²) < 4.78 is 3.15. The fourth-order valence-electron chi connectivity index (χ4n) is 1.19. The second-order valence-corrected chi connectivity index (χ2v) is 3.49. The number of aromatic nitrogens is 2. The molecule has 2 heterocycles. The number of rotatable bonds is 0. The molecule has 0 amide bonds. The van der Waals surface area contributed by atoms with Gasteiger partial charge in [-0.05, 0) is 34.7 Å². The van der Waals surface area contributed by atoms with Crippen molar-refractivity contribution in [2.24, 2.45) is 7.05 Å². The summed E-state index contributed by atoms with van der Waals surface area (Å²) in [6.07, 6.45) is 3.89. The molecule has 11 heavy (non-hydrogen) atoms. The van der Waals surface area contributed by atoms with Crippen molar-refractivity contribution in [1.29, 1.82) is 0 Å². The zero-order chi connectivity index (χ0) is 7.84. The molecule has 0 aliphatic rings. The van der Waals surface area contributed by atoms with Gasteiger partial charge in [-0.1, -0.05) is 0 Å². The minimum Gasteiger partial charge on any atom is -0.348 e. The fourth-order valence-corrected chi connectivity index (χ4v) is 2.05. The Morgan fingerprint density at radius 2 is 2.27 bits per heavy atom. The summed E-state index contributed by atoms with van der Waals surface area (Å²) in [5, 5.41) is 1.26. The van der Waals surface area contributed by atoms with Gasteiger partial charge in [-0.2, -0.15) is 0 Å². The minimum atomic E-state index is 1.06. The van der Waals surface area contributed by atoms with Crippen molar-refractivity contribution in [2.75, 3.05) is 0 Å². The number of halogens is 1. The van der Waals surface area contributed by atoms with Crippen molar-refractivity contribution in [2.45, 2.75) is 0 Å². The van der Waals surface area contributed by atoms with Crippen LogP contribution in [0.5, 0.6) is 0 Å². The van der Waals surface area contributed by atoms with E-state index in [2.05, 4.69) is 44.4 Å². The summed E-state index contributed by atoms with van der Waals surface area (Å²) in [5.74, 6) is 0. The highest BCUT2D eigenvalue weighted by atomic mass is 127. The Morgan fingerprint density at radius 3 is 3.00 bits per heavy atom. The van der Waals surface area contributed by atoms with Crippen molar-refractivity contribution < 1.29 is 0 Å². The van der Waals surface area contributed by atoms with E-state index in [1.807, 2.05) is 19.3 Å². The van der Waals surface area contributed by atoms with Crippen LogP contribution in [0.1, 0.15) is 0 Å². The summed E-state index contributed by atoms with van der Waals surface area (Å²) in [6.45, 7) is 0. The van der Waals surface area contributed by atoms with E-state index >= 15 is 0 Å². The number of hydrogen-bond acceptors (Lipinski definition) is 1. The molecule has 0 atom stereocenters. The molecule has 0 aromatic carbocycles. The Bertz CT molecular complexity index is 392. The van der Waals surface area contributed by atoms with Gasteiger partial charge in [0, 0.05) is 24.8 Å². The van der Waals surface area contributed by atoms with Gasteiger partial charge in [0.05, 0.1) is 5.52 Å². The molecule has 0 bridgehead atoms. The topological polar surface area (TPSA) is 17.8 Å². The van der Waals surface area contributed by atoms with Crippen LogP contribution >= 0.6 is 22.6 Å². The third-order valence-electron chi connectivity index (χ3n) is 1.74. The highest BCUT2D eigenvalue weighted by Crippen LogP contribution is 2.17. The van der Waals surface area contributed by atoms with Gasteiger partial charge in [0.15, 0.2) is 0 Å². The third kappa shape index (κ3) is 1.03. The highest BCUT2D eigenvalue weighted by Gasteiger charge is 2.00. The van der Waals surface area contributed by atoms with Crippen LogP contribution in [-0.2, 0) is 7.05 Å². The lowest BCUT2D eigenvalue weighted by molar-refractivity contribution is 0.960. The van der Waals surface area contributed by atoms with E-state index in [0.717, 1.165) is 3.70 Å². The molecule has 0 radical (unpaired) electrons. The van der Waals surface area contributed by atoms with Gasteiger partial charge < -0.3 is 4.57 Å². The lowest BCUT2D eigenvalue weighted by Gasteiger charge is -1.96. The molecule has 3 heteroatoms. The van der Waals surface area contributed by atoms with E-state index in [4.69, 9.17) is 0 Å². The van der Waals surface area contributed by atoms with E-state index in [1.165, 1.54) is 10.9 Å². The summed E-state index contributed by atoms with van der Waals surface area (Å²) in [7, 11) is 2.03. The first-order chi connectivity index (χ1) is 5.29. The van der Waals surface area contributed by atoms with Crippen molar-refractivity contribution in [3.8, 4) is 0 Å². The Kier molecular flexibility index (Phi) is 1.60. The van der Waals surface area contributed by atoms with Crippen LogP contribution in [-0.4, -0.2) is 9.55 Å². The van der Waals surface area contributed by atoms with Gasteiger partial charge >= 0.3 is 0 Å². The van der Waals surface area contributed by atoms with Crippen molar-refractivity contribution in [1.82, 2.24) is 9.55 Å². The molecule has 2 aromatic rings. The zero-order valence-electron chi connectivity index (χ0n) is 6.08. The highest BCUT2D eigenvalue weighted by molar-refractivity contribution is 14.1. The number of hydrogen-bond donors (Lipinski definition) is 0. The molecule has 0 spiro atoms. The van der Waals surface area contributed by atoms with Crippen molar-refractivity contribution in [3.05, 3.63) is 28.2 Å². The van der Waals surface area contributed by atoms with Gasteiger partial charge in [0.25, 0.3) is 0 Å². The van der Waals surface area contributed by atoms with Crippen LogP contribution in [0.15, 0.2) is 24.5 Å². The minimum absolute atomic E-state index is 1.06. The number of aryl methyl sites for hydroxylation is 1. The molecule has 0 aliphatic heterocycles. The van der Waals surface area contributed by atoms with Crippen LogP contribution in [0.3, 0.4) is 0 Å². The van der Waals surface area contributed by atoms with Gasteiger partial charge in [-0.3, -0.25) is 0 Å². The summed E-state index contributed by atoms with van der Waals surface area (Å²) in [5.41, 5.74) is 1.22. The molecule has 56 valence electrons. The lowest BCUT2D eigenvalue weighted by Crippen LogP contribution is -1.88. The Morgan fingerprint density at radius 1 is 1.45 bits per heavy atom. The molecule has 0 saturated heterocycles. The van der Waals surface area contributed by atoms with Crippen molar-refractivity contribution >= 4 is 33.5 Å². The standard InChI is InChI=1S/C8H7IN2/c1-11-5-3-6-2-4-10-8(9)7(6)11/h2-5H,1H3. The average molecular weight is 258 g/mol. The van der Waals surface area contributed by atoms with Gasteiger partial charge in [-0.25, -0.2) is 4.98 Å². The van der Waals surface area contributed by atoms with E-state index in [-0.39, 0.29) is 0 Å². The lowest BCUT2D eigenvalue weighted by atomic mass is 10.3. The summed E-state index contributed by atoms with van der Waals surface area (Å²) >= 11 is 2.25. The monoisotopic (exact) mass is 258 g/mol. The zero-order valence-corrected chi connectivity index (χ0v) is 8.24. The number of nitrogens with zero attached hydrogens (tertiary/aromatic N) is 2. The average Bonchev–Trinajstić information content (AvgIpc) is 2.34. The number of pyridine rings is 1. The molecule has 0 unspecified atom stereocenters. The van der Waals surface area contributed by atoms with E-state index < -0.39 is 0 Å². The van der Waals surface area contributed by atoms with E-state index in [1.54, 1.807) is 0 Å². The van der Waals surface area contributed by atoms with Gasteiger partial charge in [0.1, 0.15) is 3.70 Å². The molecule has 0 N–H and O–H groups in total. The maximum Gasteiger partial charge on any atom is 0.125 e. The van der Waals surface area contributed by atoms with Crippen molar-refractivity contribution in [3.63, 3.8) is 0 Å². The second-order valence-electron chi connectivity index (χ2n) is 2.47. The Labute approximate surface area is 78.4 Å². The Hall–Kier alpha value is -0.580. The molecular formula is C8H7IN2. The van der Waals surface area contributed by atoms with Gasteiger partial charge in [0.2, 0.25) is 0 Å². The first kappa shape index (κ1) is 7.09. The van der Waals surface area contributed by atoms with Crippen LogP contribution in [0.2, 0.25) is 0 Å². The summed E-state index contributed by atoms with van der Waals surface area (Å²) in [4.78, 5) is 4.21. The molecule has 2 nitrogen and oxygen atoms in total. The largest absolute Gasteiger partial charge is 0.348 e. The maximum atomic E-state index is 4.21. The number of fused-ring (bicyclic) bond motifs is 1. The fraction of sp³-hybridized carbons (Fsp3) is 0.125. The van der Waals surface area contributed by atoms with Crippen LogP contribution in [0.4, 0.5) is 0 Å². The third-order valence-corrected chi connectivity index (χ3v) is 2.53. The quantitative estimate of drug-likeness (QED) is 0.523. The molecule has 2 aromatic heterocycles. The maximum absolute atomic E-state index is 4.21. The molecular weight excluding hydrogens is 251 g/mol. The Balaban J connectivity index is 2.96. The predicted molar refractivity (Wildman–Crippen MR) is 53.4 cm³/mol. The van der Waals surface area contributed by atoms with Gasteiger partial charge in [-0.15, -0.1) is 0 Å². The SMILES string of the molecule is Cn1ccc2ccnc(I)c21.